The Bertz CT molecular complexity index is 350. The van der Waals surface area contributed by atoms with E-state index in [-0.39, 0.29) is 0 Å². The zero-order valence-corrected chi connectivity index (χ0v) is 9.76. The molecule has 0 saturated heterocycles. The average Bonchev–Trinajstić information content (AvgIpc) is 2.73. The molecule has 14 heavy (non-hydrogen) atoms. The predicted molar refractivity (Wildman–Crippen MR) is 63.5 cm³/mol. The average molecular weight is 192 g/mol. The summed E-state index contributed by atoms with van der Waals surface area (Å²) < 4.78 is 0. The molecule has 1 aromatic heterocycles. The van der Waals surface area contributed by atoms with Crippen molar-refractivity contribution >= 4 is 11.0 Å². The molecule has 0 saturated carbocycles. The number of para-hydroxylation sites is 1. The number of imidazole rings is 1. The second-order valence-electron chi connectivity index (χ2n) is 2.37. The van der Waals surface area contributed by atoms with Crippen LogP contribution in [0.2, 0.25) is 0 Å². The first-order chi connectivity index (χ1) is 6.88. The van der Waals surface area contributed by atoms with Crippen molar-refractivity contribution in [3.63, 3.8) is 0 Å². The van der Waals surface area contributed by atoms with Crippen LogP contribution in [-0.2, 0) is 0 Å². The maximum atomic E-state index is 4.16. The number of aromatic nitrogens is 2. The molecule has 2 heteroatoms. The summed E-state index contributed by atoms with van der Waals surface area (Å²) >= 11 is 0. The Morgan fingerprint density at radius 2 is 1.71 bits per heavy atom. The van der Waals surface area contributed by atoms with Crippen LogP contribution >= 0.6 is 0 Å². The molecule has 0 fully saturated rings. The Labute approximate surface area is 86.4 Å². The summed E-state index contributed by atoms with van der Waals surface area (Å²) in [5, 5.41) is 0. The van der Waals surface area contributed by atoms with Crippen LogP contribution in [-0.4, -0.2) is 9.97 Å². The number of H-pyrrole nitrogens is 1. The minimum Gasteiger partial charge on any atom is -0.345 e. The van der Waals surface area contributed by atoms with Gasteiger partial charge in [0.15, 0.2) is 0 Å². The van der Waals surface area contributed by atoms with Crippen molar-refractivity contribution in [3.8, 4) is 0 Å². The van der Waals surface area contributed by atoms with Crippen LogP contribution in [0.4, 0.5) is 0 Å². The molecule has 0 atom stereocenters. The summed E-state index contributed by atoms with van der Waals surface area (Å²) in [5.41, 5.74) is 3.40. The maximum Gasteiger partial charge on any atom is 0.0931 e. The molecule has 0 aliphatic heterocycles. The lowest BCUT2D eigenvalue weighted by atomic mass is 10.2. The summed E-state index contributed by atoms with van der Waals surface area (Å²) in [6.45, 7) is 10.1. The standard InChI is InChI=1S/C8H8N2.2C2H6/c1-6-3-2-4-7-8(6)10-5-9-7;2*1-2/h2-5H,1H3,(H,9,10);2*1-2H3. The van der Waals surface area contributed by atoms with Crippen LogP contribution in [0.15, 0.2) is 24.5 Å². The summed E-state index contributed by atoms with van der Waals surface area (Å²) in [6, 6.07) is 6.11. The fourth-order valence-electron chi connectivity index (χ4n) is 1.11. The first-order valence-electron chi connectivity index (χ1n) is 5.26. The highest BCUT2D eigenvalue weighted by Gasteiger charge is 1.95. The van der Waals surface area contributed by atoms with Gasteiger partial charge in [0.25, 0.3) is 0 Å². The molecule has 0 unspecified atom stereocenters. The summed E-state index contributed by atoms with van der Waals surface area (Å²) in [6.07, 6.45) is 1.72. The van der Waals surface area contributed by atoms with Gasteiger partial charge in [0, 0.05) is 0 Å². The van der Waals surface area contributed by atoms with Gasteiger partial charge >= 0.3 is 0 Å². The largest absolute Gasteiger partial charge is 0.345 e. The van der Waals surface area contributed by atoms with Gasteiger partial charge in [-0.1, -0.05) is 39.8 Å². The molecule has 0 bridgehead atoms. The molecule has 0 amide bonds. The third kappa shape index (κ3) is 2.87. The maximum absolute atomic E-state index is 4.16. The number of rotatable bonds is 0. The van der Waals surface area contributed by atoms with Gasteiger partial charge in [0.05, 0.1) is 17.4 Å². The van der Waals surface area contributed by atoms with Crippen LogP contribution in [0.25, 0.3) is 11.0 Å². The Kier molecular flexibility index (Phi) is 6.46. The summed E-state index contributed by atoms with van der Waals surface area (Å²) in [4.78, 5) is 7.21. The van der Waals surface area contributed by atoms with E-state index in [1.54, 1.807) is 6.33 Å². The molecular weight excluding hydrogens is 172 g/mol. The van der Waals surface area contributed by atoms with Crippen molar-refractivity contribution in [2.24, 2.45) is 0 Å². The van der Waals surface area contributed by atoms with Gasteiger partial charge in [-0.3, -0.25) is 0 Å². The fraction of sp³-hybridized carbons (Fsp3) is 0.417. The molecule has 2 nitrogen and oxygen atoms in total. The second-order valence-corrected chi connectivity index (χ2v) is 2.37. The van der Waals surface area contributed by atoms with Crippen molar-refractivity contribution in [2.45, 2.75) is 34.6 Å². The Hall–Kier alpha value is -1.31. The van der Waals surface area contributed by atoms with Gasteiger partial charge in [-0.2, -0.15) is 0 Å². The number of aromatic amines is 1. The number of fused-ring (bicyclic) bond motifs is 1. The molecule has 0 aliphatic rings. The molecule has 1 heterocycles. The number of aryl methyl sites for hydroxylation is 1. The lowest BCUT2D eigenvalue weighted by Gasteiger charge is -1.90. The SMILES string of the molecule is CC.CC.Cc1cccc2[nH]cnc12. The third-order valence-corrected chi connectivity index (χ3v) is 1.65. The first kappa shape index (κ1) is 12.7. The molecule has 2 rings (SSSR count). The van der Waals surface area contributed by atoms with E-state index in [0.717, 1.165) is 11.0 Å². The Morgan fingerprint density at radius 1 is 1.07 bits per heavy atom. The first-order valence-corrected chi connectivity index (χ1v) is 5.26. The predicted octanol–water partition coefficient (Wildman–Crippen LogP) is 3.92. The van der Waals surface area contributed by atoms with E-state index in [9.17, 15) is 0 Å². The molecular formula is C12H20N2. The number of nitrogens with one attached hydrogen (secondary N) is 1. The normalized spacial score (nSPS) is 8.36. The lowest BCUT2D eigenvalue weighted by molar-refractivity contribution is 1.34. The highest BCUT2D eigenvalue weighted by atomic mass is 14.9. The quantitative estimate of drug-likeness (QED) is 0.673. The van der Waals surface area contributed by atoms with Crippen molar-refractivity contribution in [1.29, 1.82) is 0 Å². The zero-order valence-electron chi connectivity index (χ0n) is 9.76. The molecule has 0 aliphatic carbocycles. The molecule has 2 aromatic rings. The number of hydrogen-bond acceptors (Lipinski definition) is 1. The van der Waals surface area contributed by atoms with Gasteiger partial charge < -0.3 is 4.98 Å². The summed E-state index contributed by atoms with van der Waals surface area (Å²) in [7, 11) is 0. The highest BCUT2D eigenvalue weighted by Crippen LogP contribution is 2.12. The minimum absolute atomic E-state index is 1.07. The van der Waals surface area contributed by atoms with E-state index >= 15 is 0 Å². The van der Waals surface area contributed by atoms with E-state index in [2.05, 4.69) is 23.0 Å². The molecule has 0 spiro atoms. The van der Waals surface area contributed by atoms with Crippen LogP contribution in [0.5, 0.6) is 0 Å². The molecule has 1 aromatic carbocycles. The topological polar surface area (TPSA) is 28.7 Å². The van der Waals surface area contributed by atoms with Crippen molar-refractivity contribution in [1.82, 2.24) is 9.97 Å². The number of nitrogens with zero attached hydrogens (tertiary/aromatic N) is 1. The van der Waals surface area contributed by atoms with Crippen LogP contribution in [0.3, 0.4) is 0 Å². The van der Waals surface area contributed by atoms with Gasteiger partial charge in [0.2, 0.25) is 0 Å². The zero-order chi connectivity index (χ0) is 11.0. The van der Waals surface area contributed by atoms with Crippen molar-refractivity contribution in [2.75, 3.05) is 0 Å². The van der Waals surface area contributed by atoms with E-state index in [1.807, 2.05) is 39.8 Å². The molecule has 78 valence electrons. The van der Waals surface area contributed by atoms with Gasteiger partial charge in [-0.15, -0.1) is 0 Å². The Balaban J connectivity index is 0.000000379. The summed E-state index contributed by atoms with van der Waals surface area (Å²) in [5.74, 6) is 0. The highest BCUT2D eigenvalue weighted by molar-refractivity contribution is 5.77. The van der Waals surface area contributed by atoms with Gasteiger partial charge in [0.1, 0.15) is 0 Å². The van der Waals surface area contributed by atoms with E-state index < -0.39 is 0 Å². The lowest BCUT2D eigenvalue weighted by Crippen LogP contribution is -1.73. The minimum atomic E-state index is 1.07. The van der Waals surface area contributed by atoms with E-state index in [1.165, 1.54) is 5.56 Å². The van der Waals surface area contributed by atoms with Crippen LogP contribution in [0.1, 0.15) is 33.3 Å². The number of hydrogen-bond donors (Lipinski definition) is 1. The molecule has 1 N–H and O–H groups in total. The fourth-order valence-corrected chi connectivity index (χ4v) is 1.11. The smallest absolute Gasteiger partial charge is 0.0931 e. The van der Waals surface area contributed by atoms with Crippen molar-refractivity contribution in [3.05, 3.63) is 30.1 Å². The third-order valence-electron chi connectivity index (χ3n) is 1.65. The Morgan fingerprint density at radius 3 is 2.29 bits per heavy atom. The van der Waals surface area contributed by atoms with Crippen LogP contribution < -0.4 is 0 Å². The van der Waals surface area contributed by atoms with Gasteiger partial charge in [-0.25, -0.2) is 4.98 Å². The van der Waals surface area contributed by atoms with E-state index in [4.69, 9.17) is 0 Å². The van der Waals surface area contributed by atoms with Crippen molar-refractivity contribution < 1.29 is 0 Å². The van der Waals surface area contributed by atoms with Gasteiger partial charge in [-0.05, 0) is 18.6 Å². The number of benzene rings is 1. The van der Waals surface area contributed by atoms with E-state index in [0.29, 0.717) is 0 Å². The molecule has 0 radical (unpaired) electrons. The second kappa shape index (κ2) is 7.13. The van der Waals surface area contributed by atoms with Crippen LogP contribution in [0, 0.1) is 6.92 Å². The monoisotopic (exact) mass is 192 g/mol.